The van der Waals surface area contributed by atoms with E-state index in [1.165, 1.54) is 0 Å². The Hall–Kier alpha value is 0.112. The smallest absolute Gasteiger partial charge is 0.511 e. The van der Waals surface area contributed by atoms with E-state index in [1.807, 2.05) is 0 Å². The molecule has 6 heavy (non-hydrogen) atoms. The molecule has 0 fully saturated rings. The molecule has 0 aromatic rings. The summed E-state index contributed by atoms with van der Waals surface area (Å²) in [5, 5.41) is 0. The van der Waals surface area contributed by atoms with Gasteiger partial charge >= 0.3 is 9.17 Å². The molecule has 1 unspecified atom stereocenters. The maximum absolute atomic E-state index is 8.74. The lowest BCUT2D eigenvalue weighted by Gasteiger charge is -1.55. The summed E-state index contributed by atoms with van der Waals surface area (Å²) in [6.45, 7) is 0. The molecule has 0 saturated carbocycles. The minimum absolute atomic E-state index is 0. The standard InChI is InChI=1S/B.H2O3Si.H3P/c;1-4(2)3;/h;1-2H;1H3. The Labute approximate surface area is 42.5 Å². The van der Waals surface area contributed by atoms with Crippen LogP contribution < -0.4 is 0 Å². The van der Waals surface area contributed by atoms with E-state index < -0.39 is 9.17 Å². The van der Waals surface area contributed by atoms with Gasteiger partial charge in [0.2, 0.25) is 0 Å². The quantitative estimate of drug-likeness (QED) is 0.291. The highest BCUT2D eigenvalue weighted by Gasteiger charge is 1.85. The molecule has 0 saturated heterocycles. The zero-order valence-electron chi connectivity index (χ0n) is 3.09. The molecule has 0 spiro atoms. The van der Waals surface area contributed by atoms with Crippen molar-refractivity contribution >= 4 is 27.5 Å². The number of hydrogen-bond acceptors (Lipinski definition) is 1. The van der Waals surface area contributed by atoms with Gasteiger partial charge in [-0.05, 0) is 0 Å². The zero-order chi connectivity index (χ0) is 3.58. The molecule has 6 heteroatoms. The van der Waals surface area contributed by atoms with Crippen LogP contribution in [0.2, 0.25) is 0 Å². The van der Waals surface area contributed by atoms with Crippen molar-refractivity contribution in [3.05, 3.63) is 0 Å². The maximum Gasteiger partial charge on any atom is 0.761 e. The Morgan fingerprint density at radius 3 is 1.33 bits per heavy atom. The molecule has 2 N–H and O–H groups in total. The Morgan fingerprint density at radius 2 is 1.33 bits per heavy atom. The van der Waals surface area contributed by atoms with Crippen molar-refractivity contribution in [3.8, 4) is 0 Å². The first-order valence-corrected chi connectivity index (χ1v) is 1.95. The fourth-order valence-electron chi connectivity index (χ4n) is 0. The molecule has 3 nitrogen and oxygen atoms in total. The molecule has 0 bridgehead atoms. The van der Waals surface area contributed by atoms with E-state index in [1.54, 1.807) is 0 Å². The molecule has 0 rings (SSSR count). The summed E-state index contributed by atoms with van der Waals surface area (Å²) in [6, 6.07) is 0. The summed E-state index contributed by atoms with van der Waals surface area (Å²) in [7, 11) is -3.13. The van der Waals surface area contributed by atoms with Crippen LogP contribution in [-0.4, -0.2) is 27.2 Å². The molecule has 0 aromatic carbocycles. The third-order valence-corrected chi connectivity index (χ3v) is 0. The summed E-state index contributed by atoms with van der Waals surface area (Å²) in [5.74, 6) is 0. The van der Waals surface area contributed by atoms with Crippen molar-refractivity contribution in [1.82, 2.24) is 0 Å². The van der Waals surface area contributed by atoms with Gasteiger partial charge in [0.25, 0.3) is 0 Å². The lowest BCUT2D eigenvalue weighted by Crippen LogP contribution is -1.90. The molecule has 0 aliphatic rings. The second-order valence-electron chi connectivity index (χ2n) is 0.283. The van der Waals surface area contributed by atoms with E-state index in [4.69, 9.17) is 14.1 Å². The van der Waals surface area contributed by atoms with Gasteiger partial charge in [0, 0.05) is 8.41 Å². The van der Waals surface area contributed by atoms with Gasteiger partial charge in [0.1, 0.15) is 0 Å². The van der Waals surface area contributed by atoms with Crippen LogP contribution in [0.4, 0.5) is 0 Å². The maximum atomic E-state index is 8.74. The van der Waals surface area contributed by atoms with Crippen LogP contribution >= 0.6 is 9.90 Å². The molecule has 0 aromatic heterocycles. The second kappa shape index (κ2) is 8.93. The van der Waals surface area contributed by atoms with E-state index in [9.17, 15) is 0 Å². The molecule has 0 aliphatic heterocycles. The third-order valence-electron chi connectivity index (χ3n) is 0. The molecule has 0 heterocycles. The third kappa shape index (κ3) is 3180. The average molecular weight is 123 g/mol. The summed E-state index contributed by atoms with van der Waals surface area (Å²) >= 11 is 0. The number of rotatable bonds is 0. The van der Waals surface area contributed by atoms with Crippen LogP contribution in [0.15, 0.2) is 0 Å². The molecule has 0 amide bonds. The van der Waals surface area contributed by atoms with Crippen molar-refractivity contribution < 1.29 is 14.1 Å². The topological polar surface area (TPSA) is 57.5 Å². The van der Waals surface area contributed by atoms with Gasteiger partial charge in [0.15, 0.2) is 0 Å². The van der Waals surface area contributed by atoms with Gasteiger partial charge in [0.05, 0.1) is 0 Å². The van der Waals surface area contributed by atoms with Crippen LogP contribution in [0.5, 0.6) is 0 Å². The fraction of sp³-hybridized carbons (Fsp3) is 0. The first kappa shape index (κ1) is 16.5. The predicted octanol–water partition coefficient (Wildman–Crippen LogP) is -1.94. The van der Waals surface area contributed by atoms with E-state index in [0.717, 1.165) is 0 Å². The SMILES string of the molecule is O=[Si](O)O.P.[B]. The van der Waals surface area contributed by atoms with Crippen molar-refractivity contribution in [2.45, 2.75) is 0 Å². The Kier molecular flexibility index (Phi) is 24.5. The largest absolute Gasteiger partial charge is 0.761 e. The molecule has 1 atom stereocenters. The van der Waals surface area contributed by atoms with E-state index in [0.29, 0.717) is 0 Å². The normalized spacial score (nSPS) is 4.00. The minimum atomic E-state index is -3.13. The second-order valence-corrected chi connectivity index (χ2v) is 0.848. The highest BCUT2D eigenvalue weighted by atomic mass is 31.0. The summed E-state index contributed by atoms with van der Waals surface area (Å²) in [5.41, 5.74) is 0. The molecule has 3 radical (unpaired) electrons. The first-order valence-electron chi connectivity index (χ1n) is 0.651. The van der Waals surface area contributed by atoms with Gasteiger partial charge in [-0.15, -0.1) is 0 Å². The van der Waals surface area contributed by atoms with Crippen LogP contribution in [0.1, 0.15) is 0 Å². The minimum Gasteiger partial charge on any atom is -0.511 e. The Bertz CT molecular complexity index is 33.8. The summed E-state index contributed by atoms with van der Waals surface area (Å²) in [4.78, 5) is 14.3. The van der Waals surface area contributed by atoms with Gasteiger partial charge in [-0.1, -0.05) is 0 Å². The highest BCUT2D eigenvalue weighted by molar-refractivity contribution is 6.92. The van der Waals surface area contributed by atoms with Crippen LogP contribution in [0, 0.1) is 0 Å². The van der Waals surface area contributed by atoms with E-state index in [-0.39, 0.29) is 18.3 Å². The monoisotopic (exact) mass is 123 g/mol. The molecule has 35 valence electrons. The van der Waals surface area contributed by atoms with Gasteiger partial charge in [-0.25, -0.2) is 0 Å². The summed E-state index contributed by atoms with van der Waals surface area (Å²) in [6.07, 6.45) is 0. The van der Waals surface area contributed by atoms with E-state index >= 15 is 0 Å². The van der Waals surface area contributed by atoms with Crippen molar-refractivity contribution in [2.24, 2.45) is 0 Å². The number of hydrogen-bond donors (Lipinski definition) is 2. The van der Waals surface area contributed by atoms with Gasteiger partial charge < -0.3 is 9.59 Å². The van der Waals surface area contributed by atoms with Crippen LogP contribution in [-0.2, 0) is 4.46 Å². The van der Waals surface area contributed by atoms with Crippen LogP contribution in [0.25, 0.3) is 0 Å². The molecular formula is H5BO3PSi. The fourth-order valence-corrected chi connectivity index (χ4v) is 0. The van der Waals surface area contributed by atoms with Crippen LogP contribution in [0.3, 0.4) is 0 Å². The molecular weight excluding hydrogens is 118 g/mol. The zero-order valence-corrected chi connectivity index (χ0v) is 5.50. The average Bonchev–Trinajstić information content (AvgIpc) is 0.811. The lowest BCUT2D eigenvalue weighted by atomic mass is 10.8. The molecule has 0 aliphatic carbocycles. The highest BCUT2D eigenvalue weighted by Crippen LogP contribution is 1.27. The van der Waals surface area contributed by atoms with Crippen molar-refractivity contribution in [3.63, 3.8) is 0 Å². The van der Waals surface area contributed by atoms with Gasteiger partial charge in [-0.2, -0.15) is 9.90 Å². The van der Waals surface area contributed by atoms with Gasteiger partial charge in [-0.3, -0.25) is 4.46 Å². The Morgan fingerprint density at radius 1 is 1.33 bits per heavy atom. The van der Waals surface area contributed by atoms with Crippen molar-refractivity contribution in [1.29, 1.82) is 0 Å². The lowest BCUT2D eigenvalue weighted by molar-refractivity contribution is 0.330. The predicted molar refractivity (Wildman–Crippen MR) is 27.7 cm³/mol. The van der Waals surface area contributed by atoms with E-state index in [2.05, 4.69) is 0 Å². The first-order chi connectivity index (χ1) is 1.73. The van der Waals surface area contributed by atoms with Crippen molar-refractivity contribution in [2.75, 3.05) is 0 Å². The Balaban J connectivity index is -0.0000000450. The summed E-state index contributed by atoms with van der Waals surface area (Å²) < 4.78 is 8.74.